The molecule has 0 heteroatoms. The van der Waals surface area contributed by atoms with Crippen molar-refractivity contribution in [3.05, 3.63) is 192 Å². The summed E-state index contributed by atoms with van der Waals surface area (Å²) in [5, 5.41) is 7.84. The molecule has 0 heterocycles. The van der Waals surface area contributed by atoms with Gasteiger partial charge >= 0.3 is 0 Å². The van der Waals surface area contributed by atoms with Gasteiger partial charge in [-0.15, -0.1) is 0 Å². The Morgan fingerprint density at radius 2 is 0.704 bits per heavy atom. The van der Waals surface area contributed by atoms with E-state index in [2.05, 4.69) is 198 Å². The minimum absolute atomic E-state index is 0.0855. The fraction of sp³-hybridized carbons (Fsp3) is 0.111. The molecular weight excluding hydrogens is 649 g/mol. The predicted octanol–water partition coefficient (Wildman–Crippen LogP) is 14.8. The number of hydrogen-bond donors (Lipinski definition) is 0. The van der Waals surface area contributed by atoms with Crippen LogP contribution in [0.5, 0.6) is 0 Å². The molecule has 0 radical (unpaired) electrons. The van der Waals surface area contributed by atoms with Gasteiger partial charge in [0.1, 0.15) is 0 Å². The molecule has 2 aliphatic rings. The van der Waals surface area contributed by atoms with Gasteiger partial charge in [-0.3, -0.25) is 0 Å². The highest BCUT2D eigenvalue weighted by atomic mass is 14.4. The number of benzene rings is 9. The van der Waals surface area contributed by atoms with Crippen molar-refractivity contribution >= 4 is 32.3 Å². The molecule has 9 aromatic rings. The van der Waals surface area contributed by atoms with Crippen LogP contribution in [0.4, 0.5) is 0 Å². The summed E-state index contributed by atoms with van der Waals surface area (Å²) in [4.78, 5) is 0. The Hall–Kier alpha value is -6.24. The van der Waals surface area contributed by atoms with Crippen molar-refractivity contribution in [3.8, 4) is 55.6 Å². The summed E-state index contributed by atoms with van der Waals surface area (Å²) in [6.07, 6.45) is 0. The monoisotopic (exact) mass is 688 g/mol. The molecule has 0 nitrogen and oxygen atoms in total. The predicted molar refractivity (Wildman–Crippen MR) is 230 cm³/mol. The van der Waals surface area contributed by atoms with E-state index in [1.165, 1.54) is 110 Å². The average Bonchev–Trinajstić information content (AvgIpc) is 3.58. The van der Waals surface area contributed by atoms with Gasteiger partial charge in [0.15, 0.2) is 0 Å². The lowest BCUT2D eigenvalue weighted by Crippen LogP contribution is -2.16. The summed E-state index contributed by atoms with van der Waals surface area (Å²) in [5.74, 6) is 0. The van der Waals surface area contributed by atoms with E-state index in [4.69, 9.17) is 0 Å². The molecule has 2 aliphatic carbocycles. The van der Waals surface area contributed by atoms with Gasteiger partial charge < -0.3 is 0 Å². The quantitative estimate of drug-likeness (QED) is 0.162. The Labute approximate surface area is 317 Å². The molecule has 256 valence electrons. The minimum Gasteiger partial charge on any atom is -0.0622 e. The molecule has 0 spiro atoms. The first-order valence-electron chi connectivity index (χ1n) is 19.3. The van der Waals surface area contributed by atoms with Crippen LogP contribution < -0.4 is 0 Å². The van der Waals surface area contributed by atoms with E-state index in [0.29, 0.717) is 0 Å². The van der Waals surface area contributed by atoms with Crippen LogP contribution in [0.3, 0.4) is 0 Å². The third kappa shape index (κ3) is 4.26. The first-order valence-corrected chi connectivity index (χ1v) is 19.3. The average molecular weight is 689 g/mol. The van der Waals surface area contributed by atoms with Crippen LogP contribution in [0, 0.1) is 0 Å². The summed E-state index contributed by atoms with van der Waals surface area (Å²) in [6, 6.07) is 63.8. The van der Waals surface area contributed by atoms with E-state index in [1.807, 2.05) is 0 Å². The van der Waals surface area contributed by atoms with Crippen molar-refractivity contribution in [2.45, 2.75) is 38.5 Å². The Kier molecular flexibility index (Phi) is 6.46. The lowest BCUT2D eigenvalue weighted by atomic mass is 9.79. The van der Waals surface area contributed by atoms with Gasteiger partial charge in [0.05, 0.1) is 0 Å². The molecule has 0 unspecified atom stereocenters. The molecule has 0 aliphatic heterocycles. The van der Waals surface area contributed by atoms with Crippen LogP contribution in [0.2, 0.25) is 0 Å². The van der Waals surface area contributed by atoms with E-state index in [1.54, 1.807) is 0 Å². The zero-order valence-electron chi connectivity index (χ0n) is 31.2. The smallest absolute Gasteiger partial charge is 0.0165 e. The van der Waals surface area contributed by atoms with E-state index < -0.39 is 0 Å². The molecule has 0 aromatic heterocycles. The van der Waals surface area contributed by atoms with Crippen molar-refractivity contribution in [2.75, 3.05) is 0 Å². The molecule has 0 N–H and O–H groups in total. The third-order valence-electron chi connectivity index (χ3n) is 12.8. The molecule has 0 bridgehead atoms. The van der Waals surface area contributed by atoms with Gasteiger partial charge in [0.2, 0.25) is 0 Å². The van der Waals surface area contributed by atoms with Crippen LogP contribution >= 0.6 is 0 Å². The van der Waals surface area contributed by atoms with Crippen LogP contribution in [0.25, 0.3) is 88.0 Å². The minimum atomic E-state index is -0.155. The van der Waals surface area contributed by atoms with Crippen LogP contribution in [0.15, 0.2) is 170 Å². The number of rotatable bonds is 3. The molecule has 9 aromatic carbocycles. The lowest BCUT2D eigenvalue weighted by molar-refractivity contribution is 0.660. The Morgan fingerprint density at radius 1 is 0.296 bits per heavy atom. The fourth-order valence-electron chi connectivity index (χ4n) is 10.2. The zero-order chi connectivity index (χ0) is 36.3. The van der Waals surface area contributed by atoms with Gasteiger partial charge in [-0.2, -0.15) is 0 Å². The summed E-state index contributed by atoms with van der Waals surface area (Å²) in [6.45, 7) is 9.62. The largest absolute Gasteiger partial charge is 0.0622 e. The fourth-order valence-corrected chi connectivity index (χ4v) is 10.2. The van der Waals surface area contributed by atoms with Gasteiger partial charge in [-0.1, -0.05) is 179 Å². The van der Waals surface area contributed by atoms with E-state index >= 15 is 0 Å². The molecule has 11 rings (SSSR count). The van der Waals surface area contributed by atoms with Crippen LogP contribution in [-0.2, 0) is 10.8 Å². The van der Waals surface area contributed by atoms with Crippen molar-refractivity contribution in [1.82, 2.24) is 0 Å². The topological polar surface area (TPSA) is 0 Å². The summed E-state index contributed by atoms with van der Waals surface area (Å²) >= 11 is 0. The van der Waals surface area contributed by atoms with Gasteiger partial charge in [-0.05, 0) is 128 Å². The summed E-state index contributed by atoms with van der Waals surface area (Å²) in [7, 11) is 0. The highest BCUT2D eigenvalue weighted by Crippen LogP contribution is 2.54. The third-order valence-corrected chi connectivity index (χ3v) is 12.8. The van der Waals surface area contributed by atoms with Crippen LogP contribution in [-0.4, -0.2) is 0 Å². The van der Waals surface area contributed by atoms with Crippen molar-refractivity contribution in [2.24, 2.45) is 0 Å². The maximum Gasteiger partial charge on any atom is 0.0165 e. The van der Waals surface area contributed by atoms with E-state index in [0.717, 1.165) is 0 Å². The molecule has 0 saturated carbocycles. The Balaban J connectivity index is 1.03. The molecule has 0 amide bonds. The Morgan fingerprint density at radius 3 is 1.28 bits per heavy atom. The van der Waals surface area contributed by atoms with Gasteiger partial charge in [0.25, 0.3) is 0 Å². The second-order valence-corrected chi connectivity index (χ2v) is 16.4. The van der Waals surface area contributed by atoms with Crippen molar-refractivity contribution < 1.29 is 0 Å². The Bertz CT molecular complexity index is 2970. The number of fused-ring (bicyclic) bond motifs is 10. The zero-order valence-corrected chi connectivity index (χ0v) is 31.2. The van der Waals surface area contributed by atoms with Crippen molar-refractivity contribution in [1.29, 1.82) is 0 Å². The lowest BCUT2D eigenvalue weighted by Gasteiger charge is -2.24. The highest BCUT2D eigenvalue weighted by Gasteiger charge is 2.38. The highest BCUT2D eigenvalue weighted by molar-refractivity contribution is 6.21. The first kappa shape index (κ1) is 31.3. The summed E-state index contributed by atoms with van der Waals surface area (Å²) < 4.78 is 0. The van der Waals surface area contributed by atoms with Gasteiger partial charge in [-0.25, -0.2) is 0 Å². The van der Waals surface area contributed by atoms with Crippen LogP contribution in [0.1, 0.15) is 49.9 Å². The SMILES string of the molecule is CC1(C)c2cc(-c3ccc4c(c3)C(C)(C)c3c-4ccc4ccccc34)ccc2-c2ccc(-c3c4ccccc4c(-c4ccccc4)c4ccccc34)cc21. The standard InChI is InChI=1S/C54H40/c1-53(2)47-30-35(36-24-27-41-46-29-22-33-14-8-9-17-38(33)52(46)54(3,4)49(41)31-36)23-26-39(47)40-28-25-37(32-48(40)53)51-44-20-12-10-18-42(44)50(34-15-6-5-7-16-34)43-19-11-13-21-45(43)51/h5-32H,1-4H3. The first-order chi connectivity index (χ1) is 26.3. The maximum atomic E-state index is 2.49. The molecular formula is C54H40. The molecule has 0 atom stereocenters. The maximum absolute atomic E-state index is 2.49. The van der Waals surface area contributed by atoms with Gasteiger partial charge in [0, 0.05) is 10.8 Å². The molecule has 0 saturated heterocycles. The number of hydrogen-bond acceptors (Lipinski definition) is 0. The normalized spacial score (nSPS) is 14.6. The van der Waals surface area contributed by atoms with Crippen molar-refractivity contribution in [3.63, 3.8) is 0 Å². The second kappa shape index (κ2) is 11.1. The van der Waals surface area contributed by atoms with E-state index in [9.17, 15) is 0 Å². The summed E-state index contributed by atoms with van der Waals surface area (Å²) in [5.41, 5.74) is 18.5. The molecule has 0 fully saturated rings. The second-order valence-electron chi connectivity index (χ2n) is 16.4. The van der Waals surface area contributed by atoms with E-state index in [-0.39, 0.29) is 10.8 Å². The molecule has 54 heavy (non-hydrogen) atoms.